The predicted octanol–water partition coefficient (Wildman–Crippen LogP) is 0.893. The van der Waals surface area contributed by atoms with E-state index in [-0.39, 0.29) is 6.04 Å². The van der Waals surface area contributed by atoms with Crippen LogP contribution in [0.1, 0.15) is 23.7 Å². The summed E-state index contributed by atoms with van der Waals surface area (Å²) in [5, 5.41) is 18.1. The second-order valence-electron chi connectivity index (χ2n) is 4.42. The summed E-state index contributed by atoms with van der Waals surface area (Å²) in [6, 6.07) is 2.68. The molecule has 18 heavy (non-hydrogen) atoms. The van der Waals surface area contributed by atoms with Gasteiger partial charge in [-0.3, -0.25) is 5.10 Å². The van der Waals surface area contributed by atoms with Gasteiger partial charge in [0, 0.05) is 12.3 Å². The first-order chi connectivity index (χ1) is 8.79. The van der Waals surface area contributed by atoms with Crippen LogP contribution in [0.15, 0.2) is 10.5 Å². The minimum absolute atomic E-state index is 0.269. The average Bonchev–Trinajstić information content (AvgIpc) is 3.04. The standard InChI is InChI=1S/C11H15N5O2/c1-7-4-9(14-13-7)5-10-15-16-11(18-10)12-8-2-3-17-6-8/h4,8H,2-3,5-6H2,1H3,(H,12,16)(H,13,14). The van der Waals surface area contributed by atoms with Gasteiger partial charge < -0.3 is 14.5 Å². The van der Waals surface area contributed by atoms with E-state index in [0.717, 1.165) is 24.4 Å². The number of ether oxygens (including phenoxy) is 1. The van der Waals surface area contributed by atoms with Crippen LogP contribution >= 0.6 is 0 Å². The lowest BCUT2D eigenvalue weighted by Gasteiger charge is -2.05. The fraction of sp³-hybridized carbons (Fsp3) is 0.545. The lowest BCUT2D eigenvalue weighted by molar-refractivity contribution is 0.195. The van der Waals surface area contributed by atoms with Crippen molar-refractivity contribution in [3.63, 3.8) is 0 Å². The molecule has 1 saturated heterocycles. The van der Waals surface area contributed by atoms with Crippen LogP contribution in [0.4, 0.5) is 6.01 Å². The molecular weight excluding hydrogens is 234 g/mol. The first-order valence-corrected chi connectivity index (χ1v) is 5.97. The van der Waals surface area contributed by atoms with Gasteiger partial charge in [0.1, 0.15) is 0 Å². The zero-order valence-corrected chi connectivity index (χ0v) is 10.1. The van der Waals surface area contributed by atoms with Crippen LogP contribution in [-0.2, 0) is 11.2 Å². The van der Waals surface area contributed by atoms with E-state index >= 15 is 0 Å². The van der Waals surface area contributed by atoms with Gasteiger partial charge in [0.05, 0.1) is 24.8 Å². The molecule has 7 heteroatoms. The average molecular weight is 249 g/mol. The van der Waals surface area contributed by atoms with Gasteiger partial charge in [0.2, 0.25) is 5.89 Å². The SMILES string of the molecule is Cc1cc(Cc2nnc(NC3CCOC3)o2)n[nH]1. The van der Waals surface area contributed by atoms with Crippen molar-refractivity contribution in [3.05, 3.63) is 23.3 Å². The van der Waals surface area contributed by atoms with Crippen molar-refractivity contribution in [3.8, 4) is 0 Å². The Hall–Kier alpha value is -1.89. The molecule has 3 rings (SSSR count). The molecule has 0 aromatic carbocycles. The number of hydrogen-bond acceptors (Lipinski definition) is 6. The summed E-state index contributed by atoms with van der Waals surface area (Å²) >= 11 is 0. The Labute approximate surface area is 104 Å². The van der Waals surface area contributed by atoms with Crippen molar-refractivity contribution < 1.29 is 9.15 Å². The van der Waals surface area contributed by atoms with Crippen molar-refractivity contribution in [2.75, 3.05) is 18.5 Å². The zero-order chi connectivity index (χ0) is 12.4. The smallest absolute Gasteiger partial charge is 0.315 e. The number of aromatic nitrogens is 4. The highest BCUT2D eigenvalue weighted by Crippen LogP contribution is 2.14. The summed E-state index contributed by atoms with van der Waals surface area (Å²) < 4.78 is 10.8. The van der Waals surface area contributed by atoms with Crippen molar-refractivity contribution in [2.24, 2.45) is 0 Å². The highest BCUT2D eigenvalue weighted by atomic mass is 16.5. The van der Waals surface area contributed by atoms with Crippen molar-refractivity contribution in [2.45, 2.75) is 25.8 Å². The Kier molecular flexibility index (Phi) is 2.97. The number of rotatable bonds is 4. The molecular formula is C11H15N5O2. The number of aromatic amines is 1. The van der Waals surface area contributed by atoms with Crippen molar-refractivity contribution in [1.82, 2.24) is 20.4 Å². The molecule has 96 valence electrons. The van der Waals surface area contributed by atoms with Gasteiger partial charge >= 0.3 is 6.01 Å². The molecule has 0 spiro atoms. The van der Waals surface area contributed by atoms with E-state index < -0.39 is 0 Å². The van der Waals surface area contributed by atoms with E-state index in [2.05, 4.69) is 25.7 Å². The maximum atomic E-state index is 5.52. The first-order valence-electron chi connectivity index (χ1n) is 5.97. The summed E-state index contributed by atoms with van der Waals surface area (Å²) in [6.07, 6.45) is 1.51. The molecule has 2 aromatic rings. The Morgan fingerprint density at radius 1 is 1.50 bits per heavy atom. The lowest BCUT2D eigenvalue weighted by atomic mass is 10.3. The molecule has 0 bridgehead atoms. The largest absolute Gasteiger partial charge is 0.408 e. The van der Waals surface area contributed by atoms with Crippen LogP contribution in [-0.4, -0.2) is 39.7 Å². The third-order valence-corrected chi connectivity index (χ3v) is 2.82. The minimum Gasteiger partial charge on any atom is -0.408 e. The molecule has 1 aliphatic heterocycles. The molecule has 0 saturated carbocycles. The Morgan fingerprint density at radius 2 is 2.44 bits per heavy atom. The second-order valence-corrected chi connectivity index (χ2v) is 4.42. The summed E-state index contributed by atoms with van der Waals surface area (Å²) in [5.41, 5.74) is 1.91. The van der Waals surface area contributed by atoms with Gasteiger partial charge in [-0.05, 0) is 19.4 Å². The fourth-order valence-electron chi connectivity index (χ4n) is 1.93. The third-order valence-electron chi connectivity index (χ3n) is 2.82. The number of hydrogen-bond donors (Lipinski definition) is 2. The third kappa shape index (κ3) is 2.51. The molecule has 1 aliphatic rings. The van der Waals surface area contributed by atoms with Crippen LogP contribution < -0.4 is 5.32 Å². The Morgan fingerprint density at radius 3 is 3.17 bits per heavy atom. The van der Waals surface area contributed by atoms with Crippen LogP contribution in [0.5, 0.6) is 0 Å². The molecule has 0 aliphatic carbocycles. The second kappa shape index (κ2) is 4.77. The summed E-state index contributed by atoms with van der Waals surface area (Å²) in [5.74, 6) is 0.558. The molecule has 0 amide bonds. The summed E-state index contributed by atoms with van der Waals surface area (Å²) in [7, 11) is 0. The van der Waals surface area contributed by atoms with Gasteiger partial charge in [0.25, 0.3) is 0 Å². The van der Waals surface area contributed by atoms with Crippen LogP contribution in [0.3, 0.4) is 0 Å². The van der Waals surface area contributed by atoms with Crippen LogP contribution in [0.25, 0.3) is 0 Å². The minimum atomic E-state index is 0.269. The van der Waals surface area contributed by atoms with E-state index in [9.17, 15) is 0 Å². The van der Waals surface area contributed by atoms with Gasteiger partial charge in [-0.2, -0.15) is 5.10 Å². The fourth-order valence-corrected chi connectivity index (χ4v) is 1.93. The van der Waals surface area contributed by atoms with E-state index in [1.165, 1.54) is 0 Å². The molecule has 2 N–H and O–H groups in total. The van der Waals surface area contributed by atoms with E-state index in [1.807, 2.05) is 13.0 Å². The maximum Gasteiger partial charge on any atom is 0.315 e. The van der Waals surface area contributed by atoms with Gasteiger partial charge in [-0.25, -0.2) is 0 Å². The Bertz CT molecular complexity index is 515. The maximum absolute atomic E-state index is 5.52. The van der Waals surface area contributed by atoms with E-state index in [1.54, 1.807) is 0 Å². The lowest BCUT2D eigenvalue weighted by Crippen LogP contribution is -2.18. The topological polar surface area (TPSA) is 88.9 Å². The first kappa shape index (κ1) is 11.2. The molecule has 1 fully saturated rings. The number of aryl methyl sites for hydroxylation is 1. The Balaban J connectivity index is 1.62. The molecule has 3 heterocycles. The summed E-state index contributed by atoms with van der Waals surface area (Å²) in [4.78, 5) is 0. The monoisotopic (exact) mass is 249 g/mol. The number of anilines is 1. The highest BCUT2D eigenvalue weighted by Gasteiger charge is 2.18. The number of nitrogens with one attached hydrogen (secondary N) is 2. The molecule has 7 nitrogen and oxygen atoms in total. The van der Waals surface area contributed by atoms with Gasteiger partial charge in [-0.1, -0.05) is 5.10 Å². The van der Waals surface area contributed by atoms with Gasteiger partial charge in [-0.15, -0.1) is 5.10 Å². The number of nitrogens with zero attached hydrogens (tertiary/aromatic N) is 3. The van der Waals surface area contributed by atoms with Crippen molar-refractivity contribution in [1.29, 1.82) is 0 Å². The van der Waals surface area contributed by atoms with Gasteiger partial charge in [0.15, 0.2) is 0 Å². The summed E-state index contributed by atoms with van der Waals surface area (Å²) in [6.45, 7) is 3.43. The zero-order valence-electron chi connectivity index (χ0n) is 10.1. The predicted molar refractivity (Wildman–Crippen MR) is 63.3 cm³/mol. The molecule has 2 aromatic heterocycles. The molecule has 0 radical (unpaired) electrons. The van der Waals surface area contributed by atoms with Crippen LogP contribution in [0, 0.1) is 6.92 Å². The highest BCUT2D eigenvalue weighted by molar-refractivity contribution is 5.21. The van der Waals surface area contributed by atoms with Crippen LogP contribution in [0.2, 0.25) is 0 Å². The quantitative estimate of drug-likeness (QED) is 0.836. The van der Waals surface area contributed by atoms with Crippen molar-refractivity contribution >= 4 is 6.01 Å². The molecule has 1 unspecified atom stereocenters. The number of H-pyrrole nitrogens is 1. The van der Waals surface area contributed by atoms with E-state index in [4.69, 9.17) is 9.15 Å². The molecule has 1 atom stereocenters. The van der Waals surface area contributed by atoms with E-state index in [0.29, 0.717) is 24.9 Å². The normalized spacial score (nSPS) is 19.3.